The zero-order valence-electron chi connectivity index (χ0n) is 12.2. The molecule has 2 rings (SSSR count). The van der Waals surface area contributed by atoms with Crippen molar-refractivity contribution in [3.8, 4) is 0 Å². The van der Waals surface area contributed by atoms with Crippen molar-refractivity contribution in [1.29, 1.82) is 0 Å². The molecule has 0 radical (unpaired) electrons. The van der Waals surface area contributed by atoms with Gasteiger partial charge in [0.05, 0.1) is 23.2 Å². The fraction of sp³-hybridized carbons (Fsp3) is 0.500. The molecule has 1 saturated heterocycles. The molecule has 6 nitrogen and oxygen atoms in total. The summed E-state index contributed by atoms with van der Waals surface area (Å²) in [7, 11) is -3.46. The van der Waals surface area contributed by atoms with Crippen molar-refractivity contribution < 1.29 is 18.3 Å². The van der Waals surface area contributed by atoms with E-state index < -0.39 is 16.0 Å². The molecule has 1 heterocycles. The molecule has 0 amide bonds. The highest BCUT2D eigenvalue weighted by molar-refractivity contribution is 7.92. The molecular weight excluding hydrogens is 292 g/mol. The van der Waals surface area contributed by atoms with Crippen LogP contribution in [0.2, 0.25) is 0 Å². The number of piperidine rings is 1. The number of sulfonamides is 1. The third-order valence-corrected chi connectivity index (χ3v) is 4.13. The zero-order chi connectivity index (χ0) is 15.6. The number of nitrogens with one attached hydrogen (secondary N) is 1. The summed E-state index contributed by atoms with van der Waals surface area (Å²) in [6, 6.07) is 4.55. The van der Waals surface area contributed by atoms with Crippen molar-refractivity contribution in [2.75, 3.05) is 29.0 Å². The first kappa shape index (κ1) is 15.6. The zero-order valence-corrected chi connectivity index (χ0v) is 13.0. The van der Waals surface area contributed by atoms with Crippen LogP contribution in [0.25, 0.3) is 0 Å². The van der Waals surface area contributed by atoms with Crippen LogP contribution in [0.3, 0.4) is 0 Å². The van der Waals surface area contributed by atoms with E-state index in [0.717, 1.165) is 37.9 Å². The Morgan fingerprint density at radius 1 is 1.43 bits per heavy atom. The lowest BCUT2D eigenvalue weighted by atomic mass is 9.99. The number of carboxylic acids is 1. The van der Waals surface area contributed by atoms with E-state index in [1.54, 1.807) is 6.07 Å². The van der Waals surface area contributed by atoms with Gasteiger partial charge in [0.2, 0.25) is 10.0 Å². The normalized spacial score (nSPS) is 19.3. The van der Waals surface area contributed by atoms with Crippen LogP contribution in [0.5, 0.6) is 0 Å². The van der Waals surface area contributed by atoms with Gasteiger partial charge in [-0.05, 0) is 37.0 Å². The first-order valence-corrected chi connectivity index (χ1v) is 8.75. The number of carbonyl (C=O) groups is 1. The van der Waals surface area contributed by atoms with Gasteiger partial charge in [-0.3, -0.25) is 4.72 Å². The number of rotatable bonds is 4. The SMILES string of the molecule is CC1CCCN(c2ccc(C(=O)O)cc2NS(C)(=O)=O)C1. The Kier molecular flexibility index (Phi) is 4.41. The van der Waals surface area contributed by atoms with Gasteiger partial charge in [0, 0.05) is 13.1 Å². The molecule has 1 aliphatic rings. The molecular formula is C14H20N2O4S. The molecule has 21 heavy (non-hydrogen) atoms. The predicted molar refractivity (Wildman–Crippen MR) is 82.5 cm³/mol. The number of hydrogen-bond donors (Lipinski definition) is 2. The largest absolute Gasteiger partial charge is 0.478 e. The van der Waals surface area contributed by atoms with E-state index in [-0.39, 0.29) is 5.56 Å². The molecule has 0 bridgehead atoms. The molecule has 0 saturated carbocycles. The lowest BCUT2D eigenvalue weighted by Crippen LogP contribution is -2.35. The Bertz CT molecular complexity index is 642. The van der Waals surface area contributed by atoms with Crippen LogP contribution in [-0.4, -0.2) is 38.8 Å². The van der Waals surface area contributed by atoms with E-state index in [2.05, 4.69) is 16.5 Å². The van der Waals surface area contributed by atoms with E-state index in [1.165, 1.54) is 12.1 Å². The maximum Gasteiger partial charge on any atom is 0.335 e. The van der Waals surface area contributed by atoms with Crippen LogP contribution in [0, 0.1) is 5.92 Å². The molecule has 1 aromatic carbocycles. The molecule has 116 valence electrons. The average molecular weight is 312 g/mol. The predicted octanol–water partition coefficient (Wildman–Crippen LogP) is 1.99. The van der Waals surface area contributed by atoms with E-state index in [9.17, 15) is 13.2 Å². The van der Waals surface area contributed by atoms with Crippen molar-refractivity contribution in [1.82, 2.24) is 0 Å². The number of anilines is 2. The highest BCUT2D eigenvalue weighted by Crippen LogP contribution is 2.31. The molecule has 2 N–H and O–H groups in total. The molecule has 0 aliphatic carbocycles. The van der Waals surface area contributed by atoms with Crippen LogP contribution in [0.1, 0.15) is 30.1 Å². The van der Waals surface area contributed by atoms with Crippen molar-refractivity contribution >= 4 is 27.4 Å². The second kappa shape index (κ2) is 5.93. The minimum Gasteiger partial charge on any atom is -0.478 e. The van der Waals surface area contributed by atoms with Gasteiger partial charge in [-0.2, -0.15) is 0 Å². The fourth-order valence-electron chi connectivity index (χ4n) is 2.63. The number of aromatic carboxylic acids is 1. The first-order chi connectivity index (χ1) is 9.76. The average Bonchev–Trinajstić information content (AvgIpc) is 2.36. The third-order valence-electron chi connectivity index (χ3n) is 3.54. The Balaban J connectivity index is 2.41. The highest BCUT2D eigenvalue weighted by Gasteiger charge is 2.21. The summed E-state index contributed by atoms with van der Waals surface area (Å²) in [5, 5.41) is 9.06. The summed E-state index contributed by atoms with van der Waals surface area (Å²) in [4.78, 5) is 13.2. The van der Waals surface area contributed by atoms with Crippen LogP contribution < -0.4 is 9.62 Å². The van der Waals surface area contributed by atoms with Gasteiger partial charge < -0.3 is 10.0 Å². The van der Waals surface area contributed by atoms with E-state index in [1.807, 2.05) is 0 Å². The number of hydrogen-bond acceptors (Lipinski definition) is 4. The number of benzene rings is 1. The van der Waals surface area contributed by atoms with Gasteiger partial charge >= 0.3 is 5.97 Å². The Morgan fingerprint density at radius 2 is 2.14 bits per heavy atom. The molecule has 0 aromatic heterocycles. The second-order valence-corrected chi connectivity index (χ2v) is 7.35. The molecule has 7 heteroatoms. The topological polar surface area (TPSA) is 86.7 Å². The maximum absolute atomic E-state index is 11.5. The van der Waals surface area contributed by atoms with Gasteiger partial charge in [0.1, 0.15) is 0 Å². The van der Waals surface area contributed by atoms with Gasteiger partial charge in [-0.1, -0.05) is 6.92 Å². The summed E-state index contributed by atoms with van der Waals surface area (Å²) in [6.07, 6.45) is 3.25. The van der Waals surface area contributed by atoms with Crippen molar-refractivity contribution in [3.63, 3.8) is 0 Å². The molecule has 1 aliphatic heterocycles. The summed E-state index contributed by atoms with van der Waals surface area (Å²) < 4.78 is 25.4. The van der Waals surface area contributed by atoms with Crippen LogP contribution in [0.15, 0.2) is 18.2 Å². The Morgan fingerprint density at radius 3 is 2.71 bits per heavy atom. The van der Waals surface area contributed by atoms with E-state index in [0.29, 0.717) is 11.6 Å². The summed E-state index contributed by atoms with van der Waals surface area (Å²) in [5.41, 5.74) is 1.12. The Labute approximate surface area is 124 Å². The Hall–Kier alpha value is -1.76. The maximum atomic E-state index is 11.5. The van der Waals surface area contributed by atoms with E-state index >= 15 is 0 Å². The smallest absolute Gasteiger partial charge is 0.335 e. The van der Waals surface area contributed by atoms with Gasteiger partial charge in [-0.25, -0.2) is 13.2 Å². The molecule has 1 fully saturated rings. The molecule has 1 unspecified atom stereocenters. The highest BCUT2D eigenvalue weighted by atomic mass is 32.2. The molecule has 0 spiro atoms. The van der Waals surface area contributed by atoms with Crippen LogP contribution >= 0.6 is 0 Å². The van der Waals surface area contributed by atoms with E-state index in [4.69, 9.17) is 5.11 Å². The minimum absolute atomic E-state index is 0.0648. The third kappa shape index (κ3) is 4.10. The van der Waals surface area contributed by atoms with Crippen molar-refractivity contribution in [2.24, 2.45) is 5.92 Å². The molecule has 1 atom stereocenters. The van der Waals surface area contributed by atoms with Gasteiger partial charge in [0.15, 0.2) is 0 Å². The standard InChI is InChI=1S/C14H20N2O4S/c1-10-4-3-7-16(9-10)13-6-5-11(14(17)18)8-12(13)15-21(2,19)20/h5-6,8,10,15H,3-4,7,9H2,1-2H3,(H,17,18). The summed E-state index contributed by atoms with van der Waals surface area (Å²) >= 11 is 0. The van der Waals surface area contributed by atoms with Gasteiger partial charge in [0.25, 0.3) is 0 Å². The van der Waals surface area contributed by atoms with Crippen LogP contribution in [-0.2, 0) is 10.0 Å². The first-order valence-electron chi connectivity index (χ1n) is 6.86. The van der Waals surface area contributed by atoms with Crippen molar-refractivity contribution in [3.05, 3.63) is 23.8 Å². The minimum atomic E-state index is -3.46. The van der Waals surface area contributed by atoms with Gasteiger partial charge in [-0.15, -0.1) is 0 Å². The number of carboxylic acid groups (broad SMARTS) is 1. The van der Waals surface area contributed by atoms with Crippen LogP contribution in [0.4, 0.5) is 11.4 Å². The fourth-order valence-corrected chi connectivity index (χ4v) is 3.20. The second-order valence-electron chi connectivity index (χ2n) is 5.60. The monoisotopic (exact) mass is 312 g/mol. The quantitative estimate of drug-likeness (QED) is 0.888. The summed E-state index contributed by atoms with van der Waals surface area (Å²) in [5.74, 6) is -0.547. The van der Waals surface area contributed by atoms with Crippen molar-refractivity contribution in [2.45, 2.75) is 19.8 Å². The lowest BCUT2D eigenvalue weighted by molar-refractivity contribution is 0.0697. The summed E-state index contributed by atoms with van der Waals surface area (Å²) in [6.45, 7) is 3.83. The lowest BCUT2D eigenvalue weighted by Gasteiger charge is -2.34. The number of nitrogens with zero attached hydrogens (tertiary/aromatic N) is 1. The molecule has 1 aromatic rings.